The number of hydrogen-bond acceptors (Lipinski definition) is 4. The third-order valence-corrected chi connectivity index (χ3v) is 4.87. The summed E-state index contributed by atoms with van der Waals surface area (Å²) in [5.74, 6) is 1.13. The lowest BCUT2D eigenvalue weighted by Crippen LogP contribution is -2.18. The minimum atomic E-state index is -0.136. The fraction of sp³-hybridized carbons (Fsp3) is 0.636. The second-order valence-electron chi connectivity index (χ2n) is 6.79. The van der Waals surface area contributed by atoms with Crippen LogP contribution in [0.4, 0.5) is 0 Å². The molecule has 4 heteroatoms. The standard InChI is InChI=1S/C22H34O4/c1-6-9-11-16(8-3)19(23)15-20(24)18-13-17(12-10-7-2)22(26-5)21(14-18)25-4/h13-14,16H,6-12,15H2,1-5H3. The molecule has 1 atom stereocenters. The number of ether oxygens (including phenoxy) is 2. The van der Waals surface area contributed by atoms with E-state index in [0.29, 0.717) is 17.1 Å². The molecule has 0 bridgehead atoms. The van der Waals surface area contributed by atoms with Gasteiger partial charge >= 0.3 is 0 Å². The fourth-order valence-corrected chi connectivity index (χ4v) is 3.21. The molecular weight excluding hydrogens is 328 g/mol. The number of aryl methyl sites for hydroxylation is 1. The first kappa shape index (κ1) is 22.2. The normalized spacial score (nSPS) is 11.9. The van der Waals surface area contributed by atoms with Gasteiger partial charge in [-0.05, 0) is 43.4 Å². The molecule has 0 N–H and O–H groups in total. The summed E-state index contributed by atoms with van der Waals surface area (Å²) in [5, 5.41) is 0. The first-order valence-electron chi connectivity index (χ1n) is 9.82. The Bertz CT molecular complexity index is 592. The van der Waals surface area contributed by atoms with Gasteiger partial charge in [-0.2, -0.15) is 0 Å². The topological polar surface area (TPSA) is 52.6 Å². The zero-order chi connectivity index (χ0) is 19.5. The summed E-state index contributed by atoms with van der Waals surface area (Å²) in [6, 6.07) is 3.55. The monoisotopic (exact) mass is 362 g/mol. The van der Waals surface area contributed by atoms with E-state index < -0.39 is 0 Å². The van der Waals surface area contributed by atoms with E-state index in [1.165, 1.54) is 0 Å². The maximum Gasteiger partial charge on any atom is 0.170 e. The zero-order valence-corrected chi connectivity index (χ0v) is 17.0. The molecule has 1 aromatic rings. The molecule has 0 radical (unpaired) electrons. The summed E-state index contributed by atoms with van der Waals surface area (Å²) in [6.45, 7) is 6.25. The molecule has 0 heterocycles. The number of hydrogen-bond donors (Lipinski definition) is 0. The fourth-order valence-electron chi connectivity index (χ4n) is 3.21. The van der Waals surface area contributed by atoms with Crippen LogP contribution in [0.3, 0.4) is 0 Å². The number of carbonyl (C=O) groups is 2. The molecule has 1 unspecified atom stereocenters. The Morgan fingerprint density at radius 2 is 1.69 bits per heavy atom. The minimum Gasteiger partial charge on any atom is -0.493 e. The van der Waals surface area contributed by atoms with Crippen molar-refractivity contribution in [2.45, 2.75) is 72.1 Å². The molecule has 0 aromatic heterocycles. The average Bonchev–Trinajstić information content (AvgIpc) is 2.65. The Morgan fingerprint density at radius 1 is 1.00 bits per heavy atom. The molecule has 0 aliphatic carbocycles. The smallest absolute Gasteiger partial charge is 0.170 e. The van der Waals surface area contributed by atoms with Crippen LogP contribution >= 0.6 is 0 Å². The van der Waals surface area contributed by atoms with Crippen LogP contribution in [0.5, 0.6) is 11.5 Å². The van der Waals surface area contributed by atoms with Gasteiger partial charge in [0, 0.05) is 11.5 Å². The van der Waals surface area contributed by atoms with Gasteiger partial charge in [0.1, 0.15) is 5.78 Å². The van der Waals surface area contributed by atoms with Crippen LogP contribution in [0.2, 0.25) is 0 Å². The molecule has 1 rings (SSSR count). The maximum atomic E-state index is 12.7. The maximum absolute atomic E-state index is 12.7. The Labute approximate surface area is 158 Å². The molecule has 0 aliphatic heterocycles. The molecule has 0 saturated heterocycles. The van der Waals surface area contributed by atoms with Crippen molar-refractivity contribution in [2.24, 2.45) is 5.92 Å². The van der Waals surface area contributed by atoms with Crippen molar-refractivity contribution >= 4 is 11.6 Å². The highest BCUT2D eigenvalue weighted by atomic mass is 16.5. The molecule has 1 aromatic carbocycles. The molecule has 0 spiro atoms. The number of rotatable bonds is 13. The van der Waals surface area contributed by atoms with Crippen LogP contribution < -0.4 is 9.47 Å². The van der Waals surface area contributed by atoms with Crippen LogP contribution in [0.25, 0.3) is 0 Å². The average molecular weight is 363 g/mol. The Hall–Kier alpha value is -1.84. The van der Waals surface area contributed by atoms with Crippen molar-refractivity contribution in [1.29, 1.82) is 0 Å². The summed E-state index contributed by atoms with van der Waals surface area (Å²) in [5.41, 5.74) is 1.50. The zero-order valence-electron chi connectivity index (χ0n) is 17.0. The summed E-state index contributed by atoms with van der Waals surface area (Å²) in [6.07, 6.45) is 6.59. The second kappa shape index (κ2) is 11.7. The Balaban J connectivity index is 3.01. The van der Waals surface area contributed by atoms with Gasteiger partial charge < -0.3 is 9.47 Å². The molecule has 4 nitrogen and oxygen atoms in total. The van der Waals surface area contributed by atoms with Crippen molar-refractivity contribution in [2.75, 3.05) is 14.2 Å². The third kappa shape index (κ3) is 6.15. The SMILES string of the molecule is CCCCc1cc(C(=O)CC(=O)C(CC)CCCC)cc(OC)c1OC. The molecule has 0 saturated carbocycles. The quantitative estimate of drug-likeness (QED) is 0.348. The van der Waals surface area contributed by atoms with Crippen molar-refractivity contribution in [3.05, 3.63) is 23.3 Å². The molecule has 0 amide bonds. The number of benzene rings is 1. The summed E-state index contributed by atoms with van der Waals surface area (Å²) >= 11 is 0. The number of unbranched alkanes of at least 4 members (excludes halogenated alkanes) is 2. The summed E-state index contributed by atoms with van der Waals surface area (Å²) < 4.78 is 10.9. The first-order chi connectivity index (χ1) is 12.5. The van der Waals surface area contributed by atoms with Crippen LogP contribution in [0.1, 0.15) is 81.6 Å². The number of Topliss-reactive ketones (excluding diaryl/α,β-unsaturated/α-hetero) is 2. The molecular formula is C22H34O4. The van der Waals surface area contributed by atoms with Gasteiger partial charge in [0.25, 0.3) is 0 Å². The van der Waals surface area contributed by atoms with E-state index in [1.807, 2.05) is 13.0 Å². The number of ketones is 2. The van der Waals surface area contributed by atoms with E-state index in [2.05, 4.69) is 13.8 Å². The van der Waals surface area contributed by atoms with Crippen molar-refractivity contribution in [3.8, 4) is 11.5 Å². The van der Waals surface area contributed by atoms with Gasteiger partial charge in [-0.1, -0.05) is 40.0 Å². The molecule has 0 fully saturated rings. The summed E-state index contributed by atoms with van der Waals surface area (Å²) in [4.78, 5) is 25.2. The Kier molecular flexibility index (Phi) is 10.0. The molecule has 0 aliphatic rings. The Morgan fingerprint density at radius 3 is 2.23 bits per heavy atom. The number of methoxy groups -OCH3 is 2. The lowest BCUT2D eigenvalue weighted by atomic mass is 9.90. The van der Waals surface area contributed by atoms with E-state index in [1.54, 1.807) is 20.3 Å². The van der Waals surface area contributed by atoms with E-state index in [-0.39, 0.29) is 23.9 Å². The second-order valence-corrected chi connectivity index (χ2v) is 6.79. The van der Waals surface area contributed by atoms with Gasteiger partial charge in [-0.15, -0.1) is 0 Å². The van der Waals surface area contributed by atoms with E-state index in [4.69, 9.17) is 9.47 Å². The largest absolute Gasteiger partial charge is 0.493 e. The third-order valence-electron chi connectivity index (χ3n) is 4.87. The minimum absolute atomic E-state index is 0.0152. The van der Waals surface area contributed by atoms with Gasteiger partial charge in [-0.25, -0.2) is 0 Å². The van der Waals surface area contributed by atoms with Crippen LogP contribution in [0.15, 0.2) is 12.1 Å². The van der Waals surface area contributed by atoms with Crippen molar-refractivity contribution in [3.63, 3.8) is 0 Å². The van der Waals surface area contributed by atoms with E-state index in [9.17, 15) is 9.59 Å². The van der Waals surface area contributed by atoms with Crippen LogP contribution in [-0.4, -0.2) is 25.8 Å². The molecule has 146 valence electrons. The van der Waals surface area contributed by atoms with Gasteiger partial charge in [0.2, 0.25) is 0 Å². The molecule has 26 heavy (non-hydrogen) atoms. The predicted octanol–water partition coefficient (Wildman–Crippen LogP) is 5.40. The highest BCUT2D eigenvalue weighted by Gasteiger charge is 2.22. The lowest BCUT2D eigenvalue weighted by molar-refractivity contribution is -0.122. The van der Waals surface area contributed by atoms with Crippen molar-refractivity contribution < 1.29 is 19.1 Å². The summed E-state index contributed by atoms with van der Waals surface area (Å²) in [7, 11) is 3.18. The first-order valence-corrected chi connectivity index (χ1v) is 9.82. The lowest BCUT2D eigenvalue weighted by Gasteiger charge is -2.16. The van der Waals surface area contributed by atoms with Gasteiger partial charge in [0.15, 0.2) is 17.3 Å². The highest BCUT2D eigenvalue weighted by Crippen LogP contribution is 2.34. The van der Waals surface area contributed by atoms with E-state index >= 15 is 0 Å². The number of carbonyl (C=O) groups excluding carboxylic acids is 2. The van der Waals surface area contributed by atoms with Gasteiger partial charge in [0.05, 0.1) is 20.6 Å². The van der Waals surface area contributed by atoms with Crippen LogP contribution in [0, 0.1) is 5.92 Å². The predicted molar refractivity (Wildman–Crippen MR) is 105 cm³/mol. The highest BCUT2D eigenvalue weighted by molar-refractivity contribution is 6.09. The van der Waals surface area contributed by atoms with Crippen molar-refractivity contribution in [1.82, 2.24) is 0 Å². The van der Waals surface area contributed by atoms with Crippen LogP contribution in [-0.2, 0) is 11.2 Å². The van der Waals surface area contributed by atoms with Gasteiger partial charge in [-0.3, -0.25) is 9.59 Å². The van der Waals surface area contributed by atoms with E-state index in [0.717, 1.165) is 50.5 Å².